The number of methoxy groups -OCH3 is 1. The molecule has 0 aromatic heterocycles. The number of carbonyl (C=O) groups excluding carboxylic acids is 1. The lowest BCUT2D eigenvalue weighted by atomic mass is 10.2. The molecule has 0 aliphatic carbocycles. The average molecular weight is 307 g/mol. The van der Waals surface area contributed by atoms with Gasteiger partial charge in [-0.2, -0.15) is 0 Å². The van der Waals surface area contributed by atoms with E-state index in [1.807, 2.05) is 0 Å². The summed E-state index contributed by atoms with van der Waals surface area (Å²) in [5, 5.41) is 13.4. The summed E-state index contributed by atoms with van der Waals surface area (Å²) in [7, 11) is 1.54. The first kappa shape index (κ1) is 14.8. The second-order valence-electron chi connectivity index (χ2n) is 4.11. The summed E-state index contributed by atoms with van der Waals surface area (Å²) in [4.78, 5) is 22.2. The molecule has 0 heterocycles. The molecule has 0 radical (unpaired) electrons. The molecule has 2 aromatic rings. The van der Waals surface area contributed by atoms with E-state index in [1.54, 1.807) is 31.4 Å². The van der Waals surface area contributed by atoms with Crippen molar-refractivity contribution in [3.63, 3.8) is 0 Å². The summed E-state index contributed by atoms with van der Waals surface area (Å²) >= 11 is 5.70. The predicted octanol–water partition coefficient (Wildman–Crippen LogP) is 3.51. The minimum atomic E-state index is -0.632. The second kappa shape index (κ2) is 6.23. The van der Waals surface area contributed by atoms with Gasteiger partial charge in [-0.05, 0) is 36.4 Å². The van der Waals surface area contributed by atoms with Crippen LogP contribution in [-0.2, 0) is 0 Å². The molecule has 2 aromatic carbocycles. The molecule has 0 bridgehead atoms. The molecule has 1 amide bonds. The Balaban J connectivity index is 2.19. The van der Waals surface area contributed by atoms with Crippen LogP contribution in [0.4, 0.5) is 11.4 Å². The molecule has 108 valence electrons. The number of amides is 1. The maximum atomic E-state index is 12.0. The van der Waals surface area contributed by atoms with Crippen LogP contribution < -0.4 is 10.1 Å². The van der Waals surface area contributed by atoms with Crippen molar-refractivity contribution in [3.05, 3.63) is 63.2 Å². The van der Waals surface area contributed by atoms with Crippen LogP contribution in [0.25, 0.3) is 0 Å². The first-order valence-electron chi connectivity index (χ1n) is 5.90. The van der Waals surface area contributed by atoms with Gasteiger partial charge in [0.2, 0.25) is 0 Å². The van der Waals surface area contributed by atoms with Gasteiger partial charge in [0.05, 0.1) is 12.0 Å². The van der Waals surface area contributed by atoms with Crippen molar-refractivity contribution in [1.29, 1.82) is 0 Å². The number of carbonyl (C=O) groups is 1. The van der Waals surface area contributed by atoms with E-state index in [-0.39, 0.29) is 16.3 Å². The highest BCUT2D eigenvalue weighted by molar-refractivity contribution is 6.32. The molecule has 0 unspecified atom stereocenters. The third kappa shape index (κ3) is 3.49. The van der Waals surface area contributed by atoms with Gasteiger partial charge < -0.3 is 10.1 Å². The molecule has 6 nitrogen and oxygen atoms in total. The van der Waals surface area contributed by atoms with Gasteiger partial charge in [-0.15, -0.1) is 0 Å². The Morgan fingerprint density at radius 3 is 2.48 bits per heavy atom. The van der Waals surface area contributed by atoms with Crippen LogP contribution in [0.2, 0.25) is 5.02 Å². The van der Waals surface area contributed by atoms with Crippen molar-refractivity contribution >= 4 is 28.9 Å². The number of anilines is 1. The zero-order valence-electron chi connectivity index (χ0n) is 11.0. The summed E-state index contributed by atoms with van der Waals surface area (Å²) in [5.74, 6) is 0.204. The van der Waals surface area contributed by atoms with Crippen molar-refractivity contribution in [2.24, 2.45) is 0 Å². The lowest BCUT2D eigenvalue weighted by Gasteiger charge is -2.06. The third-order valence-electron chi connectivity index (χ3n) is 2.75. The monoisotopic (exact) mass is 306 g/mol. The molecule has 1 N–H and O–H groups in total. The van der Waals surface area contributed by atoms with E-state index in [4.69, 9.17) is 16.3 Å². The van der Waals surface area contributed by atoms with Crippen molar-refractivity contribution in [3.8, 4) is 5.75 Å². The minimum Gasteiger partial charge on any atom is -0.497 e. The number of ether oxygens (including phenoxy) is 1. The van der Waals surface area contributed by atoms with Crippen LogP contribution in [0, 0.1) is 10.1 Å². The Labute approximate surface area is 125 Å². The number of nitrogens with one attached hydrogen (secondary N) is 1. The maximum absolute atomic E-state index is 12.0. The van der Waals surface area contributed by atoms with Crippen LogP contribution in [-0.4, -0.2) is 17.9 Å². The molecular weight excluding hydrogens is 296 g/mol. The summed E-state index contributed by atoms with van der Waals surface area (Å²) < 4.78 is 5.01. The molecule has 0 spiro atoms. The molecule has 21 heavy (non-hydrogen) atoms. The van der Waals surface area contributed by atoms with Crippen molar-refractivity contribution in [1.82, 2.24) is 0 Å². The van der Waals surface area contributed by atoms with Crippen molar-refractivity contribution in [2.75, 3.05) is 12.4 Å². The Hall–Kier alpha value is -2.60. The summed E-state index contributed by atoms with van der Waals surface area (Å²) in [6.07, 6.45) is 0. The third-order valence-corrected chi connectivity index (χ3v) is 3.07. The van der Waals surface area contributed by atoms with Gasteiger partial charge in [0.1, 0.15) is 10.8 Å². The Bertz CT molecular complexity index is 686. The fraction of sp³-hybridized carbons (Fsp3) is 0.0714. The second-order valence-corrected chi connectivity index (χ2v) is 4.51. The van der Waals surface area contributed by atoms with Crippen LogP contribution in [0.1, 0.15) is 10.4 Å². The van der Waals surface area contributed by atoms with E-state index in [1.165, 1.54) is 12.1 Å². The molecular formula is C14H11ClN2O4. The fourth-order valence-corrected chi connectivity index (χ4v) is 1.86. The first-order valence-corrected chi connectivity index (χ1v) is 6.28. The SMILES string of the molecule is COc1ccc(NC(=O)c2ccc(Cl)c([N+](=O)[O-])c2)cc1. The van der Waals surface area contributed by atoms with E-state index in [9.17, 15) is 14.9 Å². The Morgan fingerprint density at radius 2 is 1.90 bits per heavy atom. The van der Waals surface area contributed by atoms with Gasteiger partial charge in [0.25, 0.3) is 11.6 Å². The van der Waals surface area contributed by atoms with Crippen LogP contribution in [0.3, 0.4) is 0 Å². The van der Waals surface area contributed by atoms with Gasteiger partial charge in [0.15, 0.2) is 0 Å². The molecule has 7 heteroatoms. The number of nitro groups is 1. The lowest BCUT2D eigenvalue weighted by molar-refractivity contribution is -0.384. The largest absolute Gasteiger partial charge is 0.497 e. The topological polar surface area (TPSA) is 81.5 Å². The fourth-order valence-electron chi connectivity index (χ4n) is 1.67. The van der Waals surface area contributed by atoms with Gasteiger partial charge >= 0.3 is 0 Å². The predicted molar refractivity (Wildman–Crippen MR) is 79.1 cm³/mol. The first-order chi connectivity index (χ1) is 10.0. The van der Waals surface area contributed by atoms with E-state index >= 15 is 0 Å². The van der Waals surface area contributed by atoms with Gasteiger partial charge in [0, 0.05) is 17.3 Å². The zero-order valence-corrected chi connectivity index (χ0v) is 11.8. The number of benzene rings is 2. The highest BCUT2D eigenvalue weighted by atomic mass is 35.5. The standard InChI is InChI=1S/C14H11ClN2O4/c1-21-11-5-3-10(4-6-11)16-14(18)9-2-7-12(15)13(8-9)17(19)20/h2-8H,1H3,(H,16,18). The number of rotatable bonds is 4. The van der Waals surface area contributed by atoms with Crippen LogP contribution in [0.5, 0.6) is 5.75 Å². The molecule has 0 fully saturated rings. The molecule has 2 rings (SSSR count). The number of nitrogens with zero attached hydrogens (tertiary/aromatic N) is 1. The number of nitro benzene ring substituents is 1. The van der Waals surface area contributed by atoms with E-state index in [0.717, 1.165) is 6.07 Å². The zero-order chi connectivity index (χ0) is 15.4. The van der Waals surface area contributed by atoms with Crippen molar-refractivity contribution < 1.29 is 14.5 Å². The van der Waals surface area contributed by atoms with Gasteiger partial charge in [-0.1, -0.05) is 11.6 Å². The Morgan fingerprint density at radius 1 is 1.24 bits per heavy atom. The van der Waals surface area contributed by atoms with E-state index < -0.39 is 10.8 Å². The molecule has 0 saturated heterocycles. The minimum absolute atomic E-state index is 0.0130. The summed E-state index contributed by atoms with van der Waals surface area (Å²) in [6, 6.07) is 10.6. The van der Waals surface area contributed by atoms with Crippen LogP contribution >= 0.6 is 11.6 Å². The quantitative estimate of drug-likeness (QED) is 0.692. The average Bonchev–Trinajstić information content (AvgIpc) is 2.48. The smallest absolute Gasteiger partial charge is 0.288 e. The summed E-state index contributed by atoms with van der Waals surface area (Å²) in [6.45, 7) is 0. The molecule has 0 aliphatic heterocycles. The molecule has 0 saturated carbocycles. The highest BCUT2D eigenvalue weighted by Gasteiger charge is 2.16. The van der Waals surface area contributed by atoms with E-state index in [2.05, 4.69) is 5.32 Å². The highest BCUT2D eigenvalue weighted by Crippen LogP contribution is 2.25. The van der Waals surface area contributed by atoms with E-state index in [0.29, 0.717) is 11.4 Å². The molecule has 0 aliphatic rings. The number of halogens is 1. The normalized spacial score (nSPS) is 10.0. The lowest BCUT2D eigenvalue weighted by Crippen LogP contribution is -2.12. The summed E-state index contributed by atoms with van der Waals surface area (Å²) in [5.41, 5.74) is 0.402. The molecule has 0 atom stereocenters. The van der Waals surface area contributed by atoms with Gasteiger partial charge in [-0.3, -0.25) is 14.9 Å². The van der Waals surface area contributed by atoms with Crippen molar-refractivity contribution in [2.45, 2.75) is 0 Å². The number of hydrogen-bond donors (Lipinski definition) is 1. The number of hydrogen-bond acceptors (Lipinski definition) is 4. The maximum Gasteiger partial charge on any atom is 0.288 e. The Kier molecular flexibility index (Phi) is 4.39. The van der Waals surface area contributed by atoms with Gasteiger partial charge in [-0.25, -0.2) is 0 Å². The van der Waals surface area contributed by atoms with Crippen LogP contribution in [0.15, 0.2) is 42.5 Å².